The summed E-state index contributed by atoms with van der Waals surface area (Å²) in [6, 6.07) is 14.6. The van der Waals surface area contributed by atoms with Crippen molar-refractivity contribution in [1.29, 1.82) is 0 Å². The molecule has 33 heavy (non-hydrogen) atoms. The third kappa shape index (κ3) is 3.52. The number of rotatable bonds is 2. The van der Waals surface area contributed by atoms with Crippen LogP contribution in [0.1, 0.15) is 56.6 Å². The fourth-order valence-electron chi connectivity index (χ4n) is 5.19. The van der Waals surface area contributed by atoms with E-state index in [4.69, 9.17) is 0 Å². The molecule has 4 heterocycles. The van der Waals surface area contributed by atoms with Gasteiger partial charge in [0.05, 0.1) is 12.2 Å². The van der Waals surface area contributed by atoms with E-state index in [1.165, 1.54) is 38.7 Å². The van der Waals surface area contributed by atoms with Crippen LogP contribution in [-0.4, -0.2) is 15.5 Å². The molecule has 6 heteroatoms. The van der Waals surface area contributed by atoms with E-state index in [1.807, 2.05) is 23.2 Å². The van der Waals surface area contributed by atoms with Gasteiger partial charge < -0.3 is 14.8 Å². The summed E-state index contributed by atoms with van der Waals surface area (Å²) in [5.41, 5.74) is 7.08. The zero-order valence-corrected chi connectivity index (χ0v) is 20.6. The number of thiophene rings is 2. The van der Waals surface area contributed by atoms with Crippen LogP contribution in [-0.2, 0) is 19.4 Å². The number of nitrogens with zero attached hydrogens (tertiary/aromatic N) is 2. The molecule has 1 atom stereocenters. The van der Waals surface area contributed by atoms with Crippen LogP contribution in [0.4, 0.5) is 10.5 Å². The quantitative estimate of drug-likeness (QED) is 0.327. The number of carbonyl (C=O) groups excluding carboxylic acids is 1. The molecule has 2 aliphatic rings. The molecule has 4 nitrogen and oxygen atoms in total. The number of carbonyl (C=O) groups is 1. The zero-order chi connectivity index (χ0) is 22.5. The minimum absolute atomic E-state index is 0.0431. The van der Waals surface area contributed by atoms with Crippen LogP contribution in [0.3, 0.4) is 0 Å². The molecule has 1 N–H and O–H groups in total. The van der Waals surface area contributed by atoms with Crippen molar-refractivity contribution in [3.63, 3.8) is 0 Å². The molecule has 1 aromatic carbocycles. The monoisotopic (exact) mass is 473 g/mol. The van der Waals surface area contributed by atoms with Crippen LogP contribution in [0.5, 0.6) is 0 Å². The Hall–Kier alpha value is -2.83. The van der Waals surface area contributed by atoms with E-state index in [0.717, 1.165) is 35.3 Å². The van der Waals surface area contributed by atoms with Gasteiger partial charge in [0.1, 0.15) is 11.0 Å². The SMILES string of the molecule is Cc1ccc(C)c(NC(=O)N2Cc3c(sc4c3CCCC4)-n3cccc3[C@H]2c2cccs2)c1. The van der Waals surface area contributed by atoms with E-state index in [-0.39, 0.29) is 12.1 Å². The number of hydrogen-bond donors (Lipinski definition) is 1. The Balaban J connectivity index is 1.49. The second kappa shape index (κ2) is 8.19. The number of benzene rings is 1. The molecule has 0 saturated carbocycles. The number of urea groups is 1. The molecule has 168 valence electrons. The molecule has 4 aromatic rings. The summed E-state index contributed by atoms with van der Waals surface area (Å²) in [4.78, 5) is 18.7. The Kier molecular flexibility index (Phi) is 5.15. The molecular weight excluding hydrogens is 446 g/mol. The number of aryl methyl sites for hydroxylation is 3. The number of anilines is 1. The lowest BCUT2D eigenvalue weighted by Crippen LogP contribution is -2.38. The van der Waals surface area contributed by atoms with E-state index in [1.54, 1.807) is 11.3 Å². The van der Waals surface area contributed by atoms with Gasteiger partial charge in [-0.2, -0.15) is 0 Å². The lowest BCUT2D eigenvalue weighted by atomic mass is 9.95. The average molecular weight is 474 g/mol. The first-order chi connectivity index (χ1) is 16.1. The van der Waals surface area contributed by atoms with Gasteiger partial charge >= 0.3 is 6.03 Å². The Morgan fingerprint density at radius 3 is 2.79 bits per heavy atom. The minimum Gasteiger partial charge on any atom is -0.310 e. The van der Waals surface area contributed by atoms with Gasteiger partial charge in [-0.1, -0.05) is 18.2 Å². The molecule has 0 fully saturated rings. The Morgan fingerprint density at radius 1 is 1.06 bits per heavy atom. The zero-order valence-electron chi connectivity index (χ0n) is 18.9. The molecule has 3 aromatic heterocycles. The number of fused-ring (bicyclic) bond motifs is 5. The lowest BCUT2D eigenvalue weighted by Gasteiger charge is -2.30. The Labute approximate surface area is 202 Å². The molecule has 0 saturated heterocycles. The highest BCUT2D eigenvalue weighted by molar-refractivity contribution is 7.15. The standard InChI is InChI=1S/C27H27N3OS2/c1-17-11-12-18(2)21(15-17)28-27(31)30-16-20-19-7-3-4-9-23(19)33-26(20)29-13-5-8-22(29)25(30)24-10-6-14-32-24/h5-6,8,10-15,25H,3-4,7,9,16H2,1-2H3,(H,28,31)/t25-/m0/s1. The third-order valence-corrected chi connectivity index (χ3v) is 9.15. The summed E-state index contributed by atoms with van der Waals surface area (Å²) in [5, 5.41) is 6.65. The lowest BCUT2D eigenvalue weighted by molar-refractivity contribution is 0.195. The molecule has 0 unspecified atom stereocenters. The van der Waals surface area contributed by atoms with Crippen molar-refractivity contribution in [2.24, 2.45) is 0 Å². The molecule has 0 radical (unpaired) electrons. The van der Waals surface area contributed by atoms with Crippen LogP contribution in [0, 0.1) is 13.8 Å². The van der Waals surface area contributed by atoms with Crippen molar-refractivity contribution in [3.05, 3.63) is 91.7 Å². The summed E-state index contributed by atoms with van der Waals surface area (Å²) >= 11 is 3.65. The predicted octanol–water partition coefficient (Wildman–Crippen LogP) is 7.23. The van der Waals surface area contributed by atoms with Gasteiger partial charge in [-0.15, -0.1) is 22.7 Å². The maximum atomic E-state index is 13.9. The van der Waals surface area contributed by atoms with Crippen molar-refractivity contribution in [2.75, 3.05) is 5.32 Å². The van der Waals surface area contributed by atoms with E-state index < -0.39 is 0 Å². The average Bonchev–Trinajstić information content (AvgIpc) is 3.55. The Morgan fingerprint density at radius 2 is 1.94 bits per heavy atom. The summed E-state index contributed by atoms with van der Waals surface area (Å²) in [6.45, 7) is 4.74. The van der Waals surface area contributed by atoms with Gasteiger partial charge in [-0.3, -0.25) is 0 Å². The van der Waals surface area contributed by atoms with E-state index >= 15 is 0 Å². The maximum absolute atomic E-state index is 13.9. The summed E-state index contributed by atoms with van der Waals surface area (Å²) in [6.07, 6.45) is 6.95. The van der Waals surface area contributed by atoms with E-state index in [9.17, 15) is 4.79 Å². The van der Waals surface area contributed by atoms with Crippen molar-refractivity contribution < 1.29 is 4.79 Å². The maximum Gasteiger partial charge on any atom is 0.323 e. The van der Waals surface area contributed by atoms with Gasteiger partial charge in [0.25, 0.3) is 0 Å². The molecule has 0 spiro atoms. The highest BCUT2D eigenvalue weighted by Gasteiger charge is 2.36. The smallest absolute Gasteiger partial charge is 0.310 e. The number of nitrogens with one attached hydrogen (secondary N) is 1. The Bertz CT molecular complexity index is 1330. The molecule has 6 rings (SSSR count). The van der Waals surface area contributed by atoms with Gasteiger partial charge in [-0.25, -0.2) is 4.79 Å². The fraction of sp³-hybridized carbons (Fsp3) is 0.296. The predicted molar refractivity (Wildman–Crippen MR) is 137 cm³/mol. The molecule has 0 bridgehead atoms. The van der Waals surface area contributed by atoms with Crippen molar-refractivity contribution in [3.8, 4) is 5.00 Å². The first-order valence-electron chi connectivity index (χ1n) is 11.6. The first-order valence-corrected chi connectivity index (χ1v) is 13.3. The number of amides is 2. The molecule has 2 amide bonds. The fourth-order valence-corrected chi connectivity index (χ4v) is 7.44. The summed E-state index contributed by atoms with van der Waals surface area (Å²) in [7, 11) is 0. The van der Waals surface area contributed by atoms with Gasteiger partial charge in [-0.05, 0) is 85.9 Å². The van der Waals surface area contributed by atoms with Gasteiger partial charge in [0.2, 0.25) is 0 Å². The largest absolute Gasteiger partial charge is 0.323 e. The van der Waals surface area contributed by atoms with Crippen LogP contribution < -0.4 is 5.32 Å². The van der Waals surface area contributed by atoms with Gasteiger partial charge in [0.15, 0.2) is 0 Å². The molecule has 1 aliphatic carbocycles. The number of aromatic nitrogens is 1. The third-order valence-electron chi connectivity index (χ3n) is 6.89. The normalized spacial score (nSPS) is 17.2. The number of hydrogen-bond acceptors (Lipinski definition) is 3. The summed E-state index contributed by atoms with van der Waals surface area (Å²) < 4.78 is 2.34. The van der Waals surface area contributed by atoms with Crippen molar-refractivity contribution in [1.82, 2.24) is 9.47 Å². The van der Waals surface area contributed by atoms with E-state index in [2.05, 4.69) is 70.8 Å². The van der Waals surface area contributed by atoms with Gasteiger partial charge in [0, 0.05) is 27.2 Å². The highest BCUT2D eigenvalue weighted by atomic mass is 32.1. The summed E-state index contributed by atoms with van der Waals surface area (Å²) in [5.74, 6) is 0. The molecule has 1 aliphatic heterocycles. The van der Waals surface area contributed by atoms with Crippen molar-refractivity contribution >= 4 is 34.4 Å². The van der Waals surface area contributed by atoms with Crippen LogP contribution >= 0.6 is 22.7 Å². The second-order valence-electron chi connectivity index (χ2n) is 9.09. The minimum atomic E-state index is -0.121. The highest BCUT2D eigenvalue weighted by Crippen LogP contribution is 2.44. The van der Waals surface area contributed by atoms with Crippen LogP contribution in [0.25, 0.3) is 5.00 Å². The van der Waals surface area contributed by atoms with Crippen molar-refractivity contribution in [2.45, 2.75) is 52.1 Å². The van der Waals surface area contributed by atoms with E-state index in [0.29, 0.717) is 6.54 Å². The second-order valence-corrected chi connectivity index (χ2v) is 11.2. The van der Waals surface area contributed by atoms with Crippen LogP contribution in [0.15, 0.2) is 54.0 Å². The molecular formula is C27H27N3OS2. The first kappa shape index (κ1) is 20.8. The van der Waals surface area contributed by atoms with Crippen LogP contribution in [0.2, 0.25) is 0 Å². The topological polar surface area (TPSA) is 37.3 Å².